The third-order valence-corrected chi connectivity index (χ3v) is 3.23. The first-order valence-corrected chi connectivity index (χ1v) is 7.27. The summed E-state index contributed by atoms with van der Waals surface area (Å²) in [6.45, 7) is 1.82. The molecule has 1 N–H and O–H groups in total. The summed E-state index contributed by atoms with van der Waals surface area (Å²) in [5.74, 6) is -0.873. The van der Waals surface area contributed by atoms with E-state index >= 15 is 0 Å². The molecule has 1 amide bonds. The topological polar surface area (TPSA) is 79.7 Å². The molecule has 23 heavy (non-hydrogen) atoms. The van der Waals surface area contributed by atoms with Crippen molar-refractivity contribution < 1.29 is 19.4 Å². The number of pyridine rings is 1. The molecule has 2 aromatic rings. The van der Waals surface area contributed by atoms with Crippen molar-refractivity contribution in [1.29, 1.82) is 0 Å². The van der Waals surface area contributed by atoms with Gasteiger partial charge in [-0.2, -0.15) is 0 Å². The lowest BCUT2D eigenvalue weighted by atomic mass is 10.0. The minimum Gasteiger partial charge on any atom is -0.480 e. The van der Waals surface area contributed by atoms with E-state index in [2.05, 4.69) is 4.98 Å². The minimum absolute atomic E-state index is 0.153. The molecule has 1 heterocycles. The van der Waals surface area contributed by atoms with Crippen molar-refractivity contribution in [2.24, 2.45) is 0 Å². The summed E-state index contributed by atoms with van der Waals surface area (Å²) in [6.07, 6.45) is 0.934. The number of carbonyl (C=O) groups is 2. The number of aromatic nitrogens is 1. The lowest BCUT2D eigenvalue weighted by Gasteiger charge is -2.27. The normalized spacial score (nSPS) is 11.5. The van der Waals surface area contributed by atoms with E-state index in [1.807, 2.05) is 30.3 Å². The van der Waals surface area contributed by atoms with E-state index in [9.17, 15) is 14.7 Å². The number of hydrogen-bond donors (Lipinski definition) is 1. The molecule has 0 aliphatic rings. The maximum atomic E-state index is 12.3. The maximum Gasteiger partial charge on any atom is 0.416 e. The number of aliphatic carboxylic acids is 1. The third kappa shape index (κ3) is 4.29. The summed E-state index contributed by atoms with van der Waals surface area (Å²) in [5, 5.41) is 9.61. The number of amides is 1. The average molecular weight is 314 g/mol. The maximum absolute atomic E-state index is 12.3. The van der Waals surface area contributed by atoms with Crippen LogP contribution in [-0.2, 0) is 16.0 Å². The van der Waals surface area contributed by atoms with E-state index in [1.54, 1.807) is 25.1 Å². The fourth-order valence-electron chi connectivity index (χ4n) is 2.20. The van der Waals surface area contributed by atoms with Gasteiger partial charge in [0, 0.05) is 12.6 Å². The van der Waals surface area contributed by atoms with Gasteiger partial charge in [0.25, 0.3) is 0 Å². The van der Waals surface area contributed by atoms with Gasteiger partial charge in [-0.1, -0.05) is 36.4 Å². The van der Waals surface area contributed by atoms with Gasteiger partial charge in [-0.15, -0.1) is 0 Å². The summed E-state index contributed by atoms with van der Waals surface area (Å²) < 4.78 is 5.01. The van der Waals surface area contributed by atoms with Crippen molar-refractivity contribution in [1.82, 2.24) is 4.98 Å². The number of carboxylic acids is 1. The van der Waals surface area contributed by atoms with Gasteiger partial charge in [0.05, 0.1) is 6.61 Å². The van der Waals surface area contributed by atoms with Crippen LogP contribution in [0.4, 0.5) is 10.6 Å². The summed E-state index contributed by atoms with van der Waals surface area (Å²) >= 11 is 0. The molecule has 0 saturated heterocycles. The van der Waals surface area contributed by atoms with Gasteiger partial charge in [0.2, 0.25) is 0 Å². The second kappa shape index (κ2) is 7.93. The van der Waals surface area contributed by atoms with Crippen molar-refractivity contribution in [3.05, 3.63) is 60.3 Å². The molecule has 6 nitrogen and oxygen atoms in total. The molecule has 6 heteroatoms. The van der Waals surface area contributed by atoms with E-state index in [4.69, 9.17) is 4.74 Å². The van der Waals surface area contributed by atoms with Crippen LogP contribution < -0.4 is 4.90 Å². The molecule has 0 aliphatic carbocycles. The van der Waals surface area contributed by atoms with Crippen LogP contribution in [-0.4, -0.2) is 34.8 Å². The number of rotatable bonds is 6. The quantitative estimate of drug-likeness (QED) is 0.887. The molecular formula is C17H18N2O4. The van der Waals surface area contributed by atoms with Crippen LogP contribution in [0.5, 0.6) is 0 Å². The molecule has 0 fully saturated rings. The summed E-state index contributed by atoms with van der Waals surface area (Å²) in [4.78, 5) is 29.2. The lowest BCUT2D eigenvalue weighted by Crippen LogP contribution is -2.47. The standard InChI is InChI=1S/C17H18N2O4/c1-2-23-17(22)19(15-10-6-7-11-18-15)14(16(20)21)12-13-8-4-3-5-9-13/h3-11,14H,2,12H2,1H3,(H,20,21)/t14-/m0/s1. The van der Waals surface area contributed by atoms with Gasteiger partial charge in [-0.3, -0.25) is 0 Å². The fourth-order valence-corrected chi connectivity index (χ4v) is 2.20. The predicted molar refractivity (Wildman–Crippen MR) is 85.3 cm³/mol. The summed E-state index contributed by atoms with van der Waals surface area (Å²) in [6, 6.07) is 13.0. The van der Waals surface area contributed by atoms with Gasteiger partial charge in [0.1, 0.15) is 11.9 Å². The molecule has 0 bridgehead atoms. The predicted octanol–water partition coefficient (Wildman–Crippen LogP) is 2.74. The highest BCUT2D eigenvalue weighted by molar-refractivity contribution is 5.94. The van der Waals surface area contributed by atoms with Crippen molar-refractivity contribution in [2.45, 2.75) is 19.4 Å². The number of ether oxygens (including phenoxy) is 1. The lowest BCUT2D eigenvalue weighted by molar-refractivity contribution is -0.138. The highest BCUT2D eigenvalue weighted by Crippen LogP contribution is 2.18. The van der Waals surface area contributed by atoms with Crippen molar-refractivity contribution in [3.63, 3.8) is 0 Å². The SMILES string of the molecule is CCOC(=O)N(c1ccccn1)[C@@H](Cc1ccccc1)C(=O)O. The number of hydrogen-bond acceptors (Lipinski definition) is 4. The molecular weight excluding hydrogens is 296 g/mol. The Morgan fingerprint density at radius 2 is 1.87 bits per heavy atom. The Morgan fingerprint density at radius 1 is 1.17 bits per heavy atom. The Bertz CT molecular complexity index is 646. The third-order valence-electron chi connectivity index (χ3n) is 3.23. The number of benzene rings is 1. The number of carboxylic acid groups (broad SMARTS) is 1. The first-order chi connectivity index (χ1) is 11.1. The van der Waals surface area contributed by atoms with Crippen LogP contribution in [0, 0.1) is 0 Å². The molecule has 2 rings (SSSR count). The van der Waals surface area contributed by atoms with E-state index in [0.29, 0.717) is 0 Å². The number of nitrogens with zero attached hydrogens (tertiary/aromatic N) is 2. The second-order valence-electron chi connectivity index (χ2n) is 4.80. The van der Waals surface area contributed by atoms with Crippen molar-refractivity contribution in [2.75, 3.05) is 11.5 Å². The van der Waals surface area contributed by atoms with Gasteiger partial charge >= 0.3 is 12.1 Å². The van der Waals surface area contributed by atoms with Crippen LogP contribution in [0.2, 0.25) is 0 Å². The van der Waals surface area contributed by atoms with E-state index in [1.165, 1.54) is 6.20 Å². The molecule has 0 radical (unpaired) electrons. The van der Waals surface area contributed by atoms with Gasteiger partial charge in [-0.05, 0) is 24.6 Å². The van der Waals surface area contributed by atoms with Gasteiger partial charge in [-0.25, -0.2) is 19.5 Å². The molecule has 0 saturated carbocycles. The van der Waals surface area contributed by atoms with Crippen LogP contribution in [0.25, 0.3) is 0 Å². The van der Waals surface area contributed by atoms with E-state index < -0.39 is 18.1 Å². The monoisotopic (exact) mass is 314 g/mol. The van der Waals surface area contributed by atoms with Crippen LogP contribution in [0.1, 0.15) is 12.5 Å². The van der Waals surface area contributed by atoms with Gasteiger partial charge < -0.3 is 9.84 Å². The smallest absolute Gasteiger partial charge is 0.416 e. The second-order valence-corrected chi connectivity index (χ2v) is 4.80. The Kier molecular flexibility index (Phi) is 5.68. The highest BCUT2D eigenvalue weighted by atomic mass is 16.6. The molecule has 1 aromatic carbocycles. The number of carbonyl (C=O) groups excluding carboxylic acids is 1. The largest absolute Gasteiger partial charge is 0.480 e. The molecule has 120 valence electrons. The zero-order valence-corrected chi connectivity index (χ0v) is 12.8. The first kappa shape index (κ1) is 16.5. The highest BCUT2D eigenvalue weighted by Gasteiger charge is 2.33. The Balaban J connectivity index is 2.36. The molecule has 1 atom stereocenters. The zero-order valence-electron chi connectivity index (χ0n) is 12.8. The molecule has 1 aromatic heterocycles. The fraction of sp³-hybridized carbons (Fsp3) is 0.235. The summed E-state index contributed by atoms with van der Waals surface area (Å²) in [7, 11) is 0. The molecule has 0 unspecified atom stereocenters. The van der Waals surface area contributed by atoms with Gasteiger partial charge in [0.15, 0.2) is 0 Å². The Labute approximate surface area is 134 Å². The van der Waals surface area contributed by atoms with Crippen molar-refractivity contribution >= 4 is 17.9 Å². The minimum atomic E-state index is -1.12. The number of anilines is 1. The Hall–Kier alpha value is -2.89. The van der Waals surface area contributed by atoms with Crippen LogP contribution in [0.15, 0.2) is 54.7 Å². The van der Waals surface area contributed by atoms with Crippen LogP contribution >= 0.6 is 0 Å². The van der Waals surface area contributed by atoms with E-state index in [-0.39, 0.29) is 18.8 Å². The van der Waals surface area contributed by atoms with E-state index in [0.717, 1.165) is 10.5 Å². The molecule has 0 spiro atoms. The summed E-state index contributed by atoms with van der Waals surface area (Å²) in [5.41, 5.74) is 0.810. The first-order valence-electron chi connectivity index (χ1n) is 7.27. The van der Waals surface area contributed by atoms with Crippen LogP contribution in [0.3, 0.4) is 0 Å². The average Bonchev–Trinajstić information content (AvgIpc) is 2.56. The molecule has 0 aliphatic heterocycles. The zero-order chi connectivity index (χ0) is 16.7. The van der Waals surface area contributed by atoms with Crippen molar-refractivity contribution in [3.8, 4) is 0 Å². The Morgan fingerprint density at radius 3 is 2.43 bits per heavy atom.